The predicted molar refractivity (Wildman–Crippen MR) is 88.9 cm³/mol. The van der Waals surface area contributed by atoms with Gasteiger partial charge in [-0.2, -0.15) is 0 Å². The number of hydrogen-bond acceptors (Lipinski definition) is 5. The monoisotopic (exact) mass is 307 g/mol. The summed E-state index contributed by atoms with van der Waals surface area (Å²) in [5, 5.41) is 3.27. The van der Waals surface area contributed by atoms with Crippen LogP contribution in [-0.2, 0) is 19.0 Å². The molecular weight excluding hydrogens is 270 g/mol. The molecule has 0 heterocycles. The molecule has 0 saturated carbocycles. The van der Waals surface area contributed by atoms with Crippen LogP contribution in [0.1, 0.15) is 42.5 Å². The first-order chi connectivity index (χ1) is 9.04. The van der Waals surface area contributed by atoms with Gasteiger partial charge in [0.2, 0.25) is 0 Å². The van der Waals surface area contributed by atoms with E-state index < -0.39 is 0 Å². The highest BCUT2D eigenvalue weighted by Gasteiger charge is 2.06. The van der Waals surface area contributed by atoms with Gasteiger partial charge in [-0.3, -0.25) is 4.79 Å². The Kier molecular flexibility index (Phi) is 21.3. The van der Waals surface area contributed by atoms with Gasteiger partial charge in [0.05, 0.1) is 33.0 Å². The minimum absolute atomic E-state index is 0. The summed E-state index contributed by atoms with van der Waals surface area (Å²) >= 11 is 0. The fraction of sp³-hybridized carbons (Fsp3) is 0.938. The molecule has 0 radical (unpaired) electrons. The Morgan fingerprint density at radius 2 is 1.33 bits per heavy atom. The first-order valence-electron chi connectivity index (χ1n) is 7.03. The van der Waals surface area contributed by atoms with Crippen molar-refractivity contribution < 1.29 is 19.0 Å². The Balaban J connectivity index is -0.00000162. The fourth-order valence-corrected chi connectivity index (χ4v) is 1.20. The lowest BCUT2D eigenvalue weighted by molar-refractivity contribution is -0.127. The maximum Gasteiger partial charge on any atom is 0.160 e. The lowest BCUT2D eigenvalue weighted by Gasteiger charge is -2.09. The van der Waals surface area contributed by atoms with Crippen molar-refractivity contribution in [1.82, 2.24) is 5.32 Å². The van der Waals surface area contributed by atoms with E-state index in [1.807, 2.05) is 13.8 Å². The van der Waals surface area contributed by atoms with Gasteiger partial charge in [0, 0.05) is 18.5 Å². The first-order valence-corrected chi connectivity index (χ1v) is 7.03. The van der Waals surface area contributed by atoms with Crippen LogP contribution >= 0.6 is 0 Å². The molecule has 0 aromatic carbocycles. The topological polar surface area (TPSA) is 56.8 Å². The number of rotatable bonds is 13. The average Bonchev–Trinajstić information content (AvgIpc) is 2.35. The molecule has 0 saturated heterocycles. The lowest BCUT2D eigenvalue weighted by atomic mass is 10.1. The van der Waals surface area contributed by atoms with Crippen LogP contribution < -0.4 is 5.32 Å². The van der Waals surface area contributed by atoms with E-state index in [0.717, 1.165) is 6.54 Å². The van der Waals surface area contributed by atoms with Gasteiger partial charge in [0.15, 0.2) is 5.78 Å². The summed E-state index contributed by atoms with van der Waals surface area (Å²) in [5.74, 6) is 0.162. The molecule has 5 heteroatoms. The number of nitrogens with one attached hydrogen (secondary N) is 1. The number of carbonyl (C=O) groups is 1. The molecule has 21 heavy (non-hydrogen) atoms. The lowest BCUT2D eigenvalue weighted by Crippen LogP contribution is -2.27. The minimum Gasteiger partial charge on any atom is -0.378 e. The standard InChI is InChI=1S/C14H29NO4.2CH4/c1-12(2)14(16)11-19-10-9-18-8-7-17-6-5-15-13(3)4;;/h12-13,15H,5-11H2,1-4H3;2*1H4. The second-order valence-corrected chi connectivity index (χ2v) is 5.01. The van der Waals surface area contributed by atoms with Crippen molar-refractivity contribution in [3.63, 3.8) is 0 Å². The van der Waals surface area contributed by atoms with Gasteiger partial charge in [-0.05, 0) is 0 Å². The molecule has 0 fully saturated rings. The highest BCUT2D eigenvalue weighted by Crippen LogP contribution is 1.94. The summed E-state index contributed by atoms with van der Waals surface area (Å²) in [6.45, 7) is 11.8. The Morgan fingerprint density at radius 3 is 1.81 bits per heavy atom. The van der Waals surface area contributed by atoms with E-state index in [2.05, 4.69) is 19.2 Å². The van der Waals surface area contributed by atoms with E-state index >= 15 is 0 Å². The van der Waals surface area contributed by atoms with Crippen LogP contribution in [0.5, 0.6) is 0 Å². The van der Waals surface area contributed by atoms with Crippen LogP contribution in [0.15, 0.2) is 0 Å². The van der Waals surface area contributed by atoms with E-state index in [1.165, 1.54) is 0 Å². The van der Waals surface area contributed by atoms with Gasteiger partial charge in [0.1, 0.15) is 6.61 Å². The molecule has 0 amide bonds. The maximum atomic E-state index is 11.2. The highest BCUT2D eigenvalue weighted by molar-refractivity contribution is 5.81. The Bertz CT molecular complexity index is 220. The van der Waals surface area contributed by atoms with Crippen molar-refractivity contribution in [3.8, 4) is 0 Å². The summed E-state index contributed by atoms with van der Waals surface area (Å²) in [5.41, 5.74) is 0. The van der Waals surface area contributed by atoms with Gasteiger partial charge in [-0.25, -0.2) is 0 Å². The van der Waals surface area contributed by atoms with Gasteiger partial charge in [0.25, 0.3) is 0 Å². The summed E-state index contributed by atoms with van der Waals surface area (Å²) in [6.07, 6.45) is 0. The van der Waals surface area contributed by atoms with E-state index in [9.17, 15) is 4.79 Å². The fourth-order valence-electron chi connectivity index (χ4n) is 1.20. The summed E-state index contributed by atoms with van der Waals surface area (Å²) in [7, 11) is 0. The number of hydrogen-bond donors (Lipinski definition) is 1. The second kappa shape index (κ2) is 17.6. The first kappa shape index (κ1) is 25.5. The van der Waals surface area contributed by atoms with Crippen molar-refractivity contribution in [2.45, 2.75) is 48.6 Å². The largest absolute Gasteiger partial charge is 0.378 e. The third kappa shape index (κ3) is 19.5. The normalized spacial score (nSPS) is 10.4. The smallest absolute Gasteiger partial charge is 0.160 e. The van der Waals surface area contributed by atoms with Gasteiger partial charge in [-0.15, -0.1) is 0 Å². The van der Waals surface area contributed by atoms with Crippen molar-refractivity contribution in [2.75, 3.05) is 46.2 Å². The molecule has 0 aliphatic rings. The van der Waals surface area contributed by atoms with E-state index in [0.29, 0.717) is 39.1 Å². The van der Waals surface area contributed by atoms with E-state index in [4.69, 9.17) is 14.2 Å². The van der Waals surface area contributed by atoms with Crippen LogP contribution in [0.3, 0.4) is 0 Å². The van der Waals surface area contributed by atoms with E-state index in [1.54, 1.807) is 0 Å². The zero-order valence-electron chi connectivity index (χ0n) is 12.7. The zero-order valence-corrected chi connectivity index (χ0v) is 12.7. The number of ketones is 1. The quantitative estimate of drug-likeness (QED) is 0.530. The Hall–Kier alpha value is -0.490. The molecule has 0 aliphatic heterocycles. The molecule has 0 spiro atoms. The molecule has 0 bridgehead atoms. The van der Waals surface area contributed by atoms with Crippen molar-refractivity contribution in [1.29, 1.82) is 0 Å². The van der Waals surface area contributed by atoms with Crippen LogP contribution in [0.4, 0.5) is 0 Å². The van der Waals surface area contributed by atoms with Crippen molar-refractivity contribution in [2.24, 2.45) is 5.92 Å². The third-order valence-electron chi connectivity index (χ3n) is 2.43. The molecular formula is C16H37NO4. The maximum absolute atomic E-state index is 11.2. The van der Waals surface area contributed by atoms with Crippen LogP contribution in [0, 0.1) is 5.92 Å². The molecule has 0 rings (SSSR count). The molecule has 0 aromatic rings. The summed E-state index contributed by atoms with van der Waals surface area (Å²) < 4.78 is 15.9. The van der Waals surface area contributed by atoms with E-state index in [-0.39, 0.29) is 33.2 Å². The number of carbonyl (C=O) groups excluding carboxylic acids is 1. The van der Waals surface area contributed by atoms with Crippen LogP contribution in [0.2, 0.25) is 0 Å². The molecule has 0 unspecified atom stereocenters. The molecule has 0 aromatic heterocycles. The summed E-state index contributed by atoms with van der Waals surface area (Å²) in [4.78, 5) is 11.2. The molecule has 5 nitrogen and oxygen atoms in total. The van der Waals surface area contributed by atoms with Crippen LogP contribution in [-0.4, -0.2) is 58.0 Å². The molecule has 0 atom stereocenters. The average molecular weight is 307 g/mol. The third-order valence-corrected chi connectivity index (χ3v) is 2.43. The Morgan fingerprint density at radius 1 is 0.857 bits per heavy atom. The second-order valence-electron chi connectivity index (χ2n) is 5.01. The molecule has 130 valence electrons. The highest BCUT2D eigenvalue weighted by atomic mass is 16.5. The number of ether oxygens (including phenoxy) is 3. The van der Waals surface area contributed by atoms with Crippen LogP contribution in [0.25, 0.3) is 0 Å². The SMILES string of the molecule is C.C.CC(C)NCCOCCOCCOCC(=O)C(C)C. The van der Waals surface area contributed by atoms with Gasteiger partial charge in [-0.1, -0.05) is 42.5 Å². The van der Waals surface area contributed by atoms with Crippen molar-refractivity contribution >= 4 is 5.78 Å². The molecule has 1 N–H and O–H groups in total. The minimum atomic E-state index is 0. The predicted octanol–water partition coefficient (Wildman–Crippen LogP) is 2.53. The van der Waals surface area contributed by atoms with Gasteiger partial charge < -0.3 is 19.5 Å². The zero-order chi connectivity index (χ0) is 14.5. The number of Topliss-reactive ketones (excluding diaryl/α,β-unsaturated/α-hetero) is 1. The Labute approximate surface area is 131 Å². The molecule has 0 aliphatic carbocycles. The van der Waals surface area contributed by atoms with Gasteiger partial charge >= 0.3 is 0 Å². The van der Waals surface area contributed by atoms with Crippen molar-refractivity contribution in [3.05, 3.63) is 0 Å². The summed E-state index contributed by atoms with van der Waals surface area (Å²) in [6, 6.07) is 0.491.